The van der Waals surface area contributed by atoms with Crippen molar-refractivity contribution in [3.8, 4) is 17.6 Å². The number of para-hydroxylation sites is 1. The summed E-state index contributed by atoms with van der Waals surface area (Å²) in [5, 5.41) is 18.5. The van der Waals surface area contributed by atoms with E-state index in [2.05, 4.69) is 4.74 Å². The number of phenols is 1. The Bertz CT molecular complexity index is 500. The van der Waals surface area contributed by atoms with E-state index in [4.69, 9.17) is 10.00 Å². The van der Waals surface area contributed by atoms with E-state index in [1.807, 2.05) is 0 Å². The Kier molecular flexibility index (Phi) is 4.12. The molecule has 0 fully saturated rings. The zero-order chi connectivity index (χ0) is 12.8. The summed E-state index contributed by atoms with van der Waals surface area (Å²) in [5.41, 5.74) is 0.113. The van der Waals surface area contributed by atoms with Crippen molar-refractivity contribution in [1.29, 1.82) is 5.26 Å². The average molecular weight is 233 g/mol. The normalized spacial score (nSPS) is 10.5. The predicted octanol–water partition coefficient (Wildman–Crippen LogP) is 1.48. The highest BCUT2D eigenvalue weighted by molar-refractivity contribution is 5.98. The lowest BCUT2D eigenvalue weighted by atomic mass is 10.1. The van der Waals surface area contributed by atoms with Crippen LogP contribution >= 0.6 is 0 Å². The summed E-state index contributed by atoms with van der Waals surface area (Å²) in [6.45, 7) is 0. The number of esters is 1. The molecule has 0 aromatic heterocycles. The summed E-state index contributed by atoms with van der Waals surface area (Å²) in [7, 11) is 2.59. The van der Waals surface area contributed by atoms with E-state index in [0.717, 1.165) is 0 Å². The van der Waals surface area contributed by atoms with Crippen LogP contribution in [0.5, 0.6) is 11.5 Å². The van der Waals surface area contributed by atoms with E-state index in [9.17, 15) is 9.90 Å². The van der Waals surface area contributed by atoms with Crippen LogP contribution < -0.4 is 4.74 Å². The second-order valence-corrected chi connectivity index (χ2v) is 3.06. The minimum atomic E-state index is -0.755. The first-order chi connectivity index (χ1) is 8.13. The number of nitriles is 1. The van der Waals surface area contributed by atoms with Crippen LogP contribution in [0.3, 0.4) is 0 Å². The van der Waals surface area contributed by atoms with Crippen molar-refractivity contribution in [1.82, 2.24) is 0 Å². The molecule has 1 N–H and O–H groups in total. The molecule has 0 aliphatic rings. The first-order valence-electron chi connectivity index (χ1n) is 4.70. The zero-order valence-electron chi connectivity index (χ0n) is 9.43. The number of phenolic OH excluding ortho intramolecular Hbond substituents is 1. The molecule has 0 bridgehead atoms. The summed E-state index contributed by atoms with van der Waals surface area (Å²) in [6, 6.07) is 6.46. The number of ether oxygens (including phenoxy) is 2. The maximum absolute atomic E-state index is 11.2. The van der Waals surface area contributed by atoms with Crippen molar-refractivity contribution < 1.29 is 19.4 Å². The smallest absolute Gasteiger partial charge is 0.348 e. The van der Waals surface area contributed by atoms with Crippen molar-refractivity contribution >= 4 is 12.0 Å². The second kappa shape index (κ2) is 5.56. The van der Waals surface area contributed by atoms with Gasteiger partial charge in [-0.25, -0.2) is 4.79 Å². The molecule has 1 aromatic rings. The van der Waals surface area contributed by atoms with Gasteiger partial charge in [-0.1, -0.05) is 12.1 Å². The molecule has 0 saturated heterocycles. The van der Waals surface area contributed by atoms with Crippen molar-refractivity contribution in [2.24, 2.45) is 0 Å². The molecule has 1 rings (SSSR count). The van der Waals surface area contributed by atoms with Crippen LogP contribution in [0.1, 0.15) is 5.56 Å². The predicted molar refractivity (Wildman–Crippen MR) is 60.3 cm³/mol. The van der Waals surface area contributed by atoms with Gasteiger partial charge in [-0.05, 0) is 12.1 Å². The molecule has 0 spiro atoms. The average Bonchev–Trinajstić information content (AvgIpc) is 2.36. The van der Waals surface area contributed by atoms with E-state index >= 15 is 0 Å². The summed E-state index contributed by atoms with van der Waals surface area (Å²) in [5.74, 6) is -0.623. The van der Waals surface area contributed by atoms with Gasteiger partial charge in [0.25, 0.3) is 0 Å². The molecule has 0 aliphatic heterocycles. The highest BCUT2D eigenvalue weighted by Gasteiger charge is 2.11. The number of rotatable bonds is 3. The summed E-state index contributed by atoms with van der Waals surface area (Å²) >= 11 is 0. The van der Waals surface area contributed by atoms with Gasteiger partial charge in [0.1, 0.15) is 11.6 Å². The number of hydrogen-bond acceptors (Lipinski definition) is 5. The van der Waals surface area contributed by atoms with Crippen LogP contribution in [-0.4, -0.2) is 25.3 Å². The molecule has 0 unspecified atom stereocenters. The lowest BCUT2D eigenvalue weighted by Gasteiger charge is -2.05. The van der Waals surface area contributed by atoms with Gasteiger partial charge in [0, 0.05) is 5.56 Å². The number of carbonyl (C=O) groups is 1. The van der Waals surface area contributed by atoms with Gasteiger partial charge in [-0.2, -0.15) is 5.26 Å². The minimum absolute atomic E-state index is 0.133. The monoisotopic (exact) mass is 233 g/mol. The molecule has 0 atom stereocenters. The molecule has 0 aliphatic carbocycles. The molecule has 88 valence electrons. The topological polar surface area (TPSA) is 79.6 Å². The summed E-state index contributed by atoms with van der Waals surface area (Å²) in [6.07, 6.45) is 1.24. The molecule has 0 amide bonds. The van der Waals surface area contributed by atoms with Gasteiger partial charge in [0.05, 0.1) is 14.2 Å². The fraction of sp³-hybridized carbons (Fsp3) is 0.167. The van der Waals surface area contributed by atoms with E-state index in [1.54, 1.807) is 24.3 Å². The maximum atomic E-state index is 11.2. The van der Waals surface area contributed by atoms with E-state index in [1.165, 1.54) is 20.3 Å². The largest absolute Gasteiger partial charge is 0.504 e. The third-order valence-electron chi connectivity index (χ3n) is 2.08. The minimum Gasteiger partial charge on any atom is -0.504 e. The van der Waals surface area contributed by atoms with Gasteiger partial charge in [0.15, 0.2) is 11.5 Å². The first-order valence-corrected chi connectivity index (χ1v) is 4.70. The van der Waals surface area contributed by atoms with Crippen molar-refractivity contribution in [2.75, 3.05) is 14.2 Å². The molecule has 0 radical (unpaired) electrons. The van der Waals surface area contributed by atoms with Crippen LogP contribution in [0, 0.1) is 11.3 Å². The van der Waals surface area contributed by atoms with Crippen LogP contribution in [0.2, 0.25) is 0 Å². The Labute approximate surface area is 98.5 Å². The Morgan fingerprint density at radius 2 is 2.18 bits per heavy atom. The van der Waals surface area contributed by atoms with Gasteiger partial charge in [-0.15, -0.1) is 0 Å². The van der Waals surface area contributed by atoms with Crippen LogP contribution in [0.4, 0.5) is 0 Å². The fourth-order valence-corrected chi connectivity index (χ4v) is 1.22. The van der Waals surface area contributed by atoms with Crippen LogP contribution in [0.15, 0.2) is 23.8 Å². The van der Waals surface area contributed by atoms with Gasteiger partial charge in [-0.3, -0.25) is 0 Å². The Hall–Kier alpha value is -2.48. The SMILES string of the molecule is COC(=O)C(C#N)=Cc1cccc(OC)c1O. The number of aromatic hydroxyl groups is 1. The van der Waals surface area contributed by atoms with Crippen molar-refractivity contribution in [3.05, 3.63) is 29.3 Å². The van der Waals surface area contributed by atoms with Gasteiger partial charge >= 0.3 is 5.97 Å². The van der Waals surface area contributed by atoms with E-state index in [-0.39, 0.29) is 17.1 Å². The molecule has 0 saturated carbocycles. The summed E-state index contributed by atoms with van der Waals surface area (Å²) in [4.78, 5) is 11.2. The van der Waals surface area contributed by atoms with Crippen LogP contribution in [0.25, 0.3) is 6.08 Å². The lowest BCUT2D eigenvalue weighted by molar-refractivity contribution is -0.135. The molecule has 5 heteroatoms. The van der Waals surface area contributed by atoms with Crippen LogP contribution in [-0.2, 0) is 9.53 Å². The molecular weight excluding hydrogens is 222 g/mol. The Morgan fingerprint density at radius 3 is 2.71 bits per heavy atom. The lowest BCUT2D eigenvalue weighted by Crippen LogP contribution is -2.02. The maximum Gasteiger partial charge on any atom is 0.348 e. The van der Waals surface area contributed by atoms with E-state index in [0.29, 0.717) is 5.56 Å². The first kappa shape index (κ1) is 12.6. The number of carbonyl (C=O) groups excluding carboxylic acids is 1. The highest BCUT2D eigenvalue weighted by atomic mass is 16.5. The molecular formula is C12H11NO4. The number of benzene rings is 1. The zero-order valence-corrected chi connectivity index (χ0v) is 9.43. The standard InChI is InChI=1S/C12H11NO4/c1-16-10-5-3-4-8(11(10)14)6-9(7-13)12(15)17-2/h3-6,14H,1-2H3. The van der Waals surface area contributed by atoms with Gasteiger partial charge in [0.2, 0.25) is 0 Å². The van der Waals surface area contributed by atoms with E-state index < -0.39 is 5.97 Å². The third-order valence-corrected chi connectivity index (χ3v) is 2.08. The number of nitrogens with zero attached hydrogens (tertiary/aromatic N) is 1. The molecule has 17 heavy (non-hydrogen) atoms. The summed E-state index contributed by atoms with van der Waals surface area (Å²) < 4.78 is 9.34. The molecule has 5 nitrogen and oxygen atoms in total. The van der Waals surface area contributed by atoms with Crippen molar-refractivity contribution in [3.63, 3.8) is 0 Å². The van der Waals surface area contributed by atoms with Crippen molar-refractivity contribution in [2.45, 2.75) is 0 Å². The highest BCUT2D eigenvalue weighted by Crippen LogP contribution is 2.30. The Morgan fingerprint density at radius 1 is 1.47 bits per heavy atom. The number of hydrogen-bond donors (Lipinski definition) is 1. The fourth-order valence-electron chi connectivity index (χ4n) is 1.22. The van der Waals surface area contributed by atoms with Gasteiger partial charge < -0.3 is 14.6 Å². The third kappa shape index (κ3) is 2.75. The quantitative estimate of drug-likeness (QED) is 0.486. The second-order valence-electron chi connectivity index (χ2n) is 3.06. The molecule has 0 heterocycles. The Balaban J connectivity index is 3.22. The molecule has 1 aromatic carbocycles. The number of methoxy groups -OCH3 is 2.